The minimum Gasteiger partial charge on any atom is -0.459 e. The topological polar surface area (TPSA) is 63.2 Å². The average molecular weight is 553 g/mol. The number of esters is 1. The molecule has 0 radical (unpaired) electrons. The van der Waals surface area contributed by atoms with E-state index in [9.17, 15) is 4.79 Å². The lowest BCUT2D eigenvalue weighted by Gasteiger charge is -2.49. The van der Waals surface area contributed by atoms with Crippen LogP contribution < -0.4 is 0 Å². The maximum absolute atomic E-state index is 14.3. The molecule has 3 saturated carbocycles. The predicted molar refractivity (Wildman–Crippen MR) is 155 cm³/mol. The molecule has 3 aliphatic carbocycles. The molecule has 0 heterocycles. The molecular weight excluding hydrogens is 492 g/mol. The Labute approximate surface area is 239 Å². The fourth-order valence-corrected chi connectivity index (χ4v) is 7.95. The summed E-state index contributed by atoms with van der Waals surface area (Å²) in [7, 11) is 3.46. The van der Waals surface area contributed by atoms with Gasteiger partial charge in [-0.05, 0) is 62.2 Å². The Bertz CT molecular complexity index is 855. The van der Waals surface area contributed by atoms with E-state index in [4.69, 9.17) is 23.7 Å². The molecule has 3 fully saturated rings. The van der Waals surface area contributed by atoms with Crippen LogP contribution in [-0.2, 0) is 28.5 Å². The molecule has 0 amide bonds. The molecule has 6 heteroatoms. The predicted octanol–water partition coefficient (Wildman–Crippen LogP) is 7.91. The molecule has 39 heavy (non-hydrogen) atoms. The lowest BCUT2D eigenvalue weighted by atomic mass is 9.61. The van der Waals surface area contributed by atoms with E-state index in [2.05, 4.69) is 76.2 Å². The lowest BCUT2D eigenvalue weighted by Crippen LogP contribution is -2.53. The smallest absolute Gasteiger partial charge is 0.312 e. The Kier molecular flexibility index (Phi) is 9.41. The van der Waals surface area contributed by atoms with E-state index < -0.39 is 16.6 Å². The van der Waals surface area contributed by atoms with Crippen LogP contribution in [0.25, 0.3) is 0 Å². The third-order valence-electron chi connectivity index (χ3n) is 10.0. The van der Waals surface area contributed by atoms with E-state index in [1.807, 2.05) is 0 Å². The highest BCUT2D eigenvalue weighted by Crippen LogP contribution is 2.64. The molecule has 0 spiro atoms. The van der Waals surface area contributed by atoms with Gasteiger partial charge in [0.15, 0.2) is 12.6 Å². The zero-order valence-corrected chi connectivity index (χ0v) is 27.5. The van der Waals surface area contributed by atoms with Gasteiger partial charge in [-0.2, -0.15) is 0 Å². The number of fused-ring (bicyclic) bond motifs is 2. The Hall–Kier alpha value is -0.690. The highest BCUT2D eigenvalue weighted by atomic mass is 16.7. The molecule has 0 N–H and O–H groups in total. The minimum atomic E-state index is -0.615. The van der Waals surface area contributed by atoms with Crippen molar-refractivity contribution in [3.8, 4) is 0 Å². The second kappa shape index (κ2) is 11.2. The summed E-state index contributed by atoms with van der Waals surface area (Å²) >= 11 is 0. The molecule has 6 nitrogen and oxygen atoms in total. The van der Waals surface area contributed by atoms with Crippen molar-refractivity contribution in [3.63, 3.8) is 0 Å². The van der Waals surface area contributed by atoms with Gasteiger partial charge in [0.25, 0.3) is 0 Å². The summed E-state index contributed by atoms with van der Waals surface area (Å²) < 4.78 is 32.4. The van der Waals surface area contributed by atoms with E-state index in [1.54, 1.807) is 14.2 Å². The molecule has 0 aromatic heterocycles. The quantitative estimate of drug-likeness (QED) is 0.192. The first kappa shape index (κ1) is 32.8. The Morgan fingerprint density at radius 1 is 0.795 bits per heavy atom. The normalized spacial score (nSPS) is 34.2. The van der Waals surface area contributed by atoms with Crippen molar-refractivity contribution in [1.29, 1.82) is 0 Å². The molecule has 3 bridgehead atoms. The molecule has 0 saturated heterocycles. The van der Waals surface area contributed by atoms with Crippen molar-refractivity contribution >= 4 is 5.97 Å². The second-order valence-electron chi connectivity index (χ2n) is 16.4. The third kappa shape index (κ3) is 6.70. The van der Waals surface area contributed by atoms with E-state index in [1.165, 1.54) is 0 Å². The number of carbonyl (C=O) groups is 1. The third-order valence-corrected chi connectivity index (χ3v) is 10.0. The molecule has 3 aliphatic rings. The summed E-state index contributed by atoms with van der Waals surface area (Å²) in [6.07, 6.45) is 6.05. The van der Waals surface area contributed by atoms with Crippen LogP contribution in [0, 0.1) is 34.0 Å². The molecule has 3 rings (SSSR count). The number of hydrogen-bond acceptors (Lipinski definition) is 6. The van der Waals surface area contributed by atoms with Gasteiger partial charge in [0.05, 0.1) is 16.6 Å². The van der Waals surface area contributed by atoms with E-state index in [0.29, 0.717) is 6.42 Å². The van der Waals surface area contributed by atoms with Crippen LogP contribution in [0.2, 0.25) is 0 Å². The lowest BCUT2D eigenvalue weighted by molar-refractivity contribution is -0.253. The largest absolute Gasteiger partial charge is 0.459 e. The number of hydrogen-bond donors (Lipinski definition) is 0. The zero-order chi connectivity index (χ0) is 29.7. The fourth-order valence-electron chi connectivity index (χ4n) is 7.95. The van der Waals surface area contributed by atoms with Gasteiger partial charge in [-0.1, -0.05) is 69.2 Å². The SMILES string of the molecule is COC(OC12CC3CC(OC(=O)C(C)(CC(C)(C)C)C(C)(C)C)(CCCC3(OC(OC)C(C)C)C1)C2)C(C)C. The second-order valence-corrected chi connectivity index (χ2v) is 16.4. The molecule has 7 atom stereocenters. The number of rotatable bonds is 11. The van der Waals surface area contributed by atoms with Gasteiger partial charge >= 0.3 is 5.97 Å². The highest BCUT2D eigenvalue weighted by molar-refractivity contribution is 5.78. The summed E-state index contributed by atoms with van der Waals surface area (Å²) in [5.74, 6) is 0.601. The molecule has 7 unspecified atom stereocenters. The molecular formula is C33H60O6. The first-order chi connectivity index (χ1) is 17.7. The summed E-state index contributed by atoms with van der Waals surface area (Å²) in [5, 5.41) is 0. The minimum absolute atomic E-state index is 0.00392. The molecule has 0 aromatic rings. The van der Waals surface area contributed by atoms with Crippen LogP contribution in [-0.4, -0.2) is 49.6 Å². The zero-order valence-electron chi connectivity index (χ0n) is 27.5. The van der Waals surface area contributed by atoms with Crippen LogP contribution in [0.1, 0.15) is 128 Å². The highest BCUT2D eigenvalue weighted by Gasteiger charge is 2.67. The number of methoxy groups -OCH3 is 2. The van der Waals surface area contributed by atoms with Crippen molar-refractivity contribution in [2.75, 3.05) is 14.2 Å². The van der Waals surface area contributed by atoms with Gasteiger partial charge in [0, 0.05) is 38.9 Å². The van der Waals surface area contributed by atoms with E-state index in [-0.39, 0.29) is 52.7 Å². The maximum atomic E-state index is 14.3. The first-order valence-corrected chi connectivity index (χ1v) is 15.4. The Morgan fingerprint density at radius 3 is 1.82 bits per heavy atom. The van der Waals surface area contributed by atoms with Gasteiger partial charge < -0.3 is 23.7 Å². The van der Waals surface area contributed by atoms with Crippen LogP contribution in [0.5, 0.6) is 0 Å². The van der Waals surface area contributed by atoms with Crippen LogP contribution in [0.15, 0.2) is 0 Å². The van der Waals surface area contributed by atoms with E-state index in [0.717, 1.165) is 44.9 Å². The summed E-state index contributed by atoms with van der Waals surface area (Å²) in [6, 6.07) is 0. The molecule has 0 aliphatic heterocycles. The van der Waals surface area contributed by atoms with Crippen LogP contribution in [0.3, 0.4) is 0 Å². The van der Waals surface area contributed by atoms with Crippen molar-refractivity contribution < 1.29 is 28.5 Å². The van der Waals surface area contributed by atoms with Gasteiger partial charge in [0.1, 0.15) is 5.60 Å². The molecule has 228 valence electrons. The van der Waals surface area contributed by atoms with Crippen LogP contribution in [0.4, 0.5) is 0 Å². The summed E-state index contributed by atoms with van der Waals surface area (Å²) in [4.78, 5) is 14.3. The van der Waals surface area contributed by atoms with Gasteiger partial charge in [-0.15, -0.1) is 0 Å². The van der Waals surface area contributed by atoms with Gasteiger partial charge in [-0.25, -0.2) is 0 Å². The van der Waals surface area contributed by atoms with Crippen molar-refractivity contribution in [3.05, 3.63) is 0 Å². The Balaban J connectivity index is 2.02. The van der Waals surface area contributed by atoms with Crippen molar-refractivity contribution in [2.24, 2.45) is 34.0 Å². The number of carbonyl (C=O) groups excluding carboxylic acids is 1. The maximum Gasteiger partial charge on any atom is 0.312 e. The van der Waals surface area contributed by atoms with Gasteiger partial charge in [-0.3, -0.25) is 4.79 Å². The first-order valence-electron chi connectivity index (χ1n) is 15.4. The monoisotopic (exact) mass is 552 g/mol. The van der Waals surface area contributed by atoms with Crippen molar-refractivity contribution in [2.45, 2.75) is 157 Å². The number of ether oxygens (including phenoxy) is 5. The van der Waals surface area contributed by atoms with E-state index >= 15 is 0 Å². The summed E-state index contributed by atoms with van der Waals surface area (Å²) in [5.41, 5.74) is -2.25. The standard InChI is InChI=1S/C33H60O6/c1-22(2)25(35-12)37-32-18-24-17-31(20-32,15-14-16-33(24,21-32)38-26(36-13)23(3)4)39-27(34)30(11,29(8,9)10)19-28(5,6)7/h22-26H,14-21H2,1-13H3. The average Bonchev–Trinajstić information content (AvgIpc) is 2.93. The van der Waals surface area contributed by atoms with Crippen molar-refractivity contribution in [1.82, 2.24) is 0 Å². The fraction of sp³-hybridized carbons (Fsp3) is 0.970. The van der Waals surface area contributed by atoms with Gasteiger partial charge in [0.2, 0.25) is 0 Å². The summed E-state index contributed by atoms with van der Waals surface area (Å²) in [6.45, 7) is 23.8. The molecule has 0 aromatic carbocycles. The Morgan fingerprint density at radius 2 is 1.33 bits per heavy atom. The van der Waals surface area contributed by atoms with Crippen LogP contribution >= 0.6 is 0 Å².